The Hall–Kier alpha value is -3.55. The molecule has 8 nitrogen and oxygen atoms in total. The molecule has 2 amide bonds. The van der Waals surface area contributed by atoms with Crippen LogP contribution in [0.25, 0.3) is 22.2 Å². The molecule has 2 aromatic heterocycles. The molecule has 2 aliphatic carbocycles. The summed E-state index contributed by atoms with van der Waals surface area (Å²) < 4.78 is 11.7. The summed E-state index contributed by atoms with van der Waals surface area (Å²) in [6.45, 7) is 4.15. The number of pyridine rings is 1. The number of H-pyrrole nitrogens is 1. The largest absolute Gasteiger partial charge is 0.497 e. The van der Waals surface area contributed by atoms with Gasteiger partial charge < -0.3 is 25.1 Å². The van der Waals surface area contributed by atoms with Crippen molar-refractivity contribution < 1.29 is 19.1 Å². The maximum atomic E-state index is 13.4. The number of rotatable bonds is 8. The molecule has 8 heteroatoms. The van der Waals surface area contributed by atoms with E-state index in [1.807, 2.05) is 31.2 Å². The second kappa shape index (κ2) is 10.2. The van der Waals surface area contributed by atoms with Gasteiger partial charge in [0.05, 0.1) is 24.8 Å². The fourth-order valence-electron chi connectivity index (χ4n) is 5.10. The van der Waals surface area contributed by atoms with Gasteiger partial charge >= 0.3 is 0 Å². The zero-order chi connectivity index (χ0) is 25.2. The minimum atomic E-state index is -0.123. The zero-order valence-corrected chi connectivity index (χ0v) is 21.1. The van der Waals surface area contributed by atoms with Crippen LogP contribution in [0.4, 0.5) is 0 Å². The van der Waals surface area contributed by atoms with Gasteiger partial charge in [-0.25, -0.2) is 0 Å². The molecule has 0 unspecified atom stereocenters. The Balaban J connectivity index is 1.41. The lowest BCUT2D eigenvalue weighted by Crippen LogP contribution is -2.43. The van der Waals surface area contributed by atoms with Crippen LogP contribution in [0.3, 0.4) is 0 Å². The number of carbonyl (C=O) groups excluding carboxylic acids is 2. The molecule has 2 fully saturated rings. The Kier molecular flexibility index (Phi) is 6.85. The van der Waals surface area contributed by atoms with Crippen molar-refractivity contribution in [3.8, 4) is 22.6 Å². The van der Waals surface area contributed by atoms with E-state index in [4.69, 9.17) is 9.47 Å². The van der Waals surface area contributed by atoms with Gasteiger partial charge in [-0.3, -0.25) is 14.6 Å². The highest BCUT2D eigenvalue weighted by Crippen LogP contribution is 2.39. The highest BCUT2D eigenvalue weighted by Gasteiger charge is 2.27. The summed E-state index contributed by atoms with van der Waals surface area (Å²) in [6.07, 6.45) is 7.57. The molecule has 0 saturated heterocycles. The zero-order valence-electron chi connectivity index (χ0n) is 21.1. The predicted molar refractivity (Wildman–Crippen MR) is 138 cm³/mol. The molecule has 0 bridgehead atoms. The van der Waals surface area contributed by atoms with Crippen LogP contribution < -0.4 is 20.1 Å². The molecular formula is C28H34N4O4. The van der Waals surface area contributed by atoms with E-state index >= 15 is 0 Å². The van der Waals surface area contributed by atoms with Gasteiger partial charge in [-0.1, -0.05) is 0 Å². The summed E-state index contributed by atoms with van der Waals surface area (Å²) in [5.74, 6) is 2.04. The first-order valence-electron chi connectivity index (χ1n) is 12.8. The molecular weight excluding hydrogens is 456 g/mol. The molecule has 3 aromatic rings. The maximum Gasteiger partial charge on any atom is 0.255 e. The molecule has 5 rings (SSSR count). The Morgan fingerprint density at radius 3 is 2.42 bits per heavy atom. The van der Waals surface area contributed by atoms with E-state index < -0.39 is 0 Å². The van der Waals surface area contributed by atoms with E-state index in [9.17, 15) is 9.59 Å². The van der Waals surface area contributed by atoms with Crippen LogP contribution in [-0.2, 0) is 4.79 Å². The predicted octanol–water partition coefficient (Wildman–Crippen LogP) is 4.51. The average molecular weight is 491 g/mol. The van der Waals surface area contributed by atoms with Gasteiger partial charge in [0.2, 0.25) is 5.91 Å². The second-order valence-electron chi connectivity index (χ2n) is 10.0. The third-order valence-corrected chi connectivity index (χ3v) is 7.22. The Labute approximate surface area is 211 Å². The van der Waals surface area contributed by atoms with Crippen LogP contribution in [0, 0.1) is 12.8 Å². The van der Waals surface area contributed by atoms with Gasteiger partial charge in [0, 0.05) is 42.0 Å². The molecule has 0 aliphatic heterocycles. The Morgan fingerprint density at radius 2 is 1.75 bits per heavy atom. The van der Waals surface area contributed by atoms with E-state index in [-0.39, 0.29) is 23.9 Å². The molecule has 0 radical (unpaired) electrons. The number of carbonyl (C=O) groups is 2. The number of fused-ring (bicyclic) bond motifs is 1. The lowest BCUT2D eigenvalue weighted by Gasteiger charge is -2.29. The van der Waals surface area contributed by atoms with Gasteiger partial charge in [0.25, 0.3) is 5.91 Å². The molecule has 0 spiro atoms. The summed E-state index contributed by atoms with van der Waals surface area (Å²) in [6, 6.07) is 8.04. The topological polar surface area (TPSA) is 105 Å². The minimum absolute atomic E-state index is 0.00378. The maximum absolute atomic E-state index is 13.4. The third kappa shape index (κ3) is 5.17. The number of aromatic nitrogens is 2. The summed E-state index contributed by atoms with van der Waals surface area (Å²) in [7, 11) is 1.65. The normalized spacial score (nSPS) is 19.6. The van der Waals surface area contributed by atoms with Crippen molar-refractivity contribution in [2.45, 2.75) is 64.5 Å². The van der Waals surface area contributed by atoms with Gasteiger partial charge in [0.15, 0.2) is 0 Å². The Bertz CT molecular complexity index is 1270. The Morgan fingerprint density at radius 1 is 1.03 bits per heavy atom. The molecule has 2 saturated carbocycles. The fourth-order valence-corrected chi connectivity index (χ4v) is 5.10. The summed E-state index contributed by atoms with van der Waals surface area (Å²) in [5, 5.41) is 6.18. The first kappa shape index (κ1) is 24.2. The van der Waals surface area contributed by atoms with E-state index in [1.165, 1.54) is 12.8 Å². The van der Waals surface area contributed by atoms with Crippen LogP contribution in [0.1, 0.15) is 61.5 Å². The molecule has 190 valence electrons. The van der Waals surface area contributed by atoms with E-state index in [2.05, 4.69) is 20.6 Å². The number of hydrogen-bond acceptors (Lipinski definition) is 5. The van der Waals surface area contributed by atoms with Crippen molar-refractivity contribution in [1.29, 1.82) is 0 Å². The van der Waals surface area contributed by atoms with Crippen molar-refractivity contribution in [3.05, 3.63) is 41.7 Å². The van der Waals surface area contributed by atoms with Crippen LogP contribution in [0.2, 0.25) is 0 Å². The van der Waals surface area contributed by atoms with Crippen molar-refractivity contribution in [2.75, 3.05) is 13.7 Å². The number of methoxy groups -OCH3 is 1. The van der Waals surface area contributed by atoms with Crippen LogP contribution in [-0.4, -0.2) is 47.6 Å². The number of ether oxygens (including phenoxy) is 2. The van der Waals surface area contributed by atoms with Crippen molar-refractivity contribution in [1.82, 2.24) is 20.6 Å². The number of aromatic amines is 1. The van der Waals surface area contributed by atoms with Gasteiger partial charge in [-0.05, 0) is 75.6 Å². The lowest BCUT2D eigenvalue weighted by molar-refractivity contribution is -0.119. The minimum Gasteiger partial charge on any atom is -0.497 e. The number of nitrogens with zero attached hydrogens (tertiary/aromatic N) is 1. The number of aryl methyl sites for hydroxylation is 1. The number of benzene rings is 1. The summed E-state index contributed by atoms with van der Waals surface area (Å²) in [4.78, 5) is 32.7. The monoisotopic (exact) mass is 490 g/mol. The third-order valence-electron chi connectivity index (χ3n) is 7.22. The molecule has 36 heavy (non-hydrogen) atoms. The lowest BCUT2D eigenvalue weighted by atomic mass is 9.91. The standard InChI is InChI=1S/C28H34N4O4/c1-16-25(28(34)32-20-8-6-19(7-9-20)31-17(2)33)27-26(30-16)22(12-13-29-27)23-14-21(35-3)10-11-24(23)36-15-18-4-5-18/h10-14,18-20,30H,4-9,15H2,1-3H3,(H,31,33)(H,32,34)/t19-,20+. The number of hydrogen-bond donors (Lipinski definition) is 3. The molecule has 2 aliphatic rings. The smallest absolute Gasteiger partial charge is 0.255 e. The molecule has 1 aromatic carbocycles. The van der Waals surface area contributed by atoms with Gasteiger partial charge in [0.1, 0.15) is 17.0 Å². The van der Waals surface area contributed by atoms with Crippen LogP contribution in [0.5, 0.6) is 11.5 Å². The van der Waals surface area contributed by atoms with Crippen molar-refractivity contribution in [2.24, 2.45) is 5.92 Å². The van der Waals surface area contributed by atoms with Gasteiger partial charge in [-0.2, -0.15) is 0 Å². The molecule has 2 heterocycles. The average Bonchev–Trinajstić information content (AvgIpc) is 3.63. The van der Waals surface area contributed by atoms with E-state index in [1.54, 1.807) is 20.2 Å². The van der Waals surface area contributed by atoms with Crippen molar-refractivity contribution >= 4 is 22.8 Å². The fraction of sp³-hybridized carbons (Fsp3) is 0.464. The van der Waals surface area contributed by atoms with Crippen LogP contribution in [0.15, 0.2) is 30.5 Å². The van der Waals surface area contributed by atoms with E-state index in [0.717, 1.165) is 59.5 Å². The highest BCUT2D eigenvalue weighted by molar-refractivity contribution is 6.09. The number of amides is 2. The van der Waals surface area contributed by atoms with E-state index in [0.29, 0.717) is 23.6 Å². The van der Waals surface area contributed by atoms with Crippen LogP contribution >= 0.6 is 0 Å². The summed E-state index contributed by atoms with van der Waals surface area (Å²) in [5.41, 5.74) is 4.62. The quantitative estimate of drug-likeness (QED) is 0.431. The first-order valence-corrected chi connectivity index (χ1v) is 12.8. The molecule has 3 N–H and O–H groups in total. The SMILES string of the molecule is COc1ccc(OCC2CC2)c(-c2ccnc3c(C(=O)N[C@H]4CC[C@@H](NC(C)=O)CC4)c(C)[nH]c23)c1. The number of nitrogens with one attached hydrogen (secondary N) is 3. The first-order chi connectivity index (χ1) is 17.4. The van der Waals surface area contributed by atoms with Crippen molar-refractivity contribution in [3.63, 3.8) is 0 Å². The van der Waals surface area contributed by atoms with Gasteiger partial charge in [-0.15, -0.1) is 0 Å². The highest BCUT2D eigenvalue weighted by atomic mass is 16.5. The second-order valence-corrected chi connectivity index (χ2v) is 10.0. The molecule has 0 atom stereocenters. The summed E-state index contributed by atoms with van der Waals surface area (Å²) >= 11 is 0.